The largest absolute Gasteiger partial charge is 0.411 e. The fraction of sp³-hybridized carbons (Fsp3) is 0.700. The SMILES string of the molecule is CC(C)(O)C1CC=C(/C=N/O)CC1. The molecule has 1 atom stereocenters. The zero-order valence-corrected chi connectivity index (χ0v) is 8.20. The maximum Gasteiger partial charge on any atom is 0.0690 e. The van der Waals surface area contributed by atoms with Crippen LogP contribution in [-0.2, 0) is 0 Å². The normalized spacial score (nSPS) is 24.8. The van der Waals surface area contributed by atoms with Crippen LogP contribution in [0.3, 0.4) is 0 Å². The first-order valence-corrected chi connectivity index (χ1v) is 4.63. The van der Waals surface area contributed by atoms with Crippen molar-refractivity contribution in [1.82, 2.24) is 0 Å². The summed E-state index contributed by atoms with van der Waals surface area (Å²) < 4.78 is 0. The van der Waals surface area contributed by atoms with Crippen molar-refractivity contribution in [3.05, 3.63) is 11.6 Å². The number of rotatable bonds is 2. The fourth-order valence-electron chi connectivity index (χ4n) is 1.69. The van der Waals surface area contributed by atoms with Crippen LogP contribution in [0.4, 0.5) is 0 Å². The van der Waals surface area contributed by atoms with E-state index in [4.69, 9.17) is 5.21 Å². The molecule has 0 amide bonds. The van der Waals surface area contributed by atoms with Gasteiger partial charge in [0.25, 0.3) is 0 Å². The summed E-state index contributed by atoms with van der Waals surface area (Å²) in [4.78, 5) is 0. The summed E-state index contributed by atoms with van der Waals surface area (Å²) in [5.41, 5.74) is 0.460. The first-order chi connectivity index (χ1) is 6.04. The molecule has 0 heterocycles. The smallest absolute Gasteiger partial charge is 0.0690 e. The molecule has 0 aromatic rings. The standard InChI is InChI=1S/C10H17NO2/c1-10(2,12)9-5-3-8(4-6-9)7-11-13/h3,7,9,12-13H,4-6H2,1-2H3/b11-7+. The molecule has 0 radical (unpaired) electrons. The molecular weight excluding hydrogens is 166 g/mol. The van der Waals surface area contributed by atoms with E-state index in [0.29, 0.717) is 5.92 Å². The number of aliphatic hydroxyl groups is 1. The predicted octanol–water partition coefficient (Wildman–Crippen LogP) is 1.94. The van der Waals surface area contributed by atoms with Crippen LogP contribution in [0.1, 0.15) is 33.1 Å². The van der Waals surface area contributed by atoms with E-state index in [9.17, 15) is 5.11 Å². The molecule has 0 aromatic carbocycles. The lowest BCUT2D eigenvalue weighted by atomic mass is 9.80. The summed E-state index contributed by atoms with van der Waals surface area (Å²) in [7, 11) is 0. The minimum absolute atomic E-state index is 0.323. The molecule has 1 rings (SSSR count). The minimum atomic E-state index is -0.599. The summed E-state index contributed by atoms with van der Waals surface area (Å²) >= 11 is 0. The zero-order valence-electron chi connectivity index (χ0n) is 8.20. The highest BCUT2D eigenvalue weighted by Gasteiger charge is 2.27. The highest BCUT2D eigenvalue weighted by molar-refractivity contribution is 5.78. The van der Waals surface area contributed by atoms with E-state index in [-0.39, 0.29) is 0 Å². The molecule has 1 unspecified atom stereocenters. The summed E-state index contributed by atoms with van der Waals surface area (Å²) in [5.74, 6) is 0.323. The third-order valence-electron chi connectivity index (χ3n) is 2.67. The van der Waals surface area contributed by atoms with Crippen LogP contribution in [0, 0.1) is 5.92 Å². The summed E-state index contributed by atoms with van der Waals surface area (Å²) in [5, 5.41) is 21.1. The highest BCUT2D eigenvalue weighted by atomic mass is 16.4. The van der Waals surface area contributed by atoms with Crippen LogP contribution in [0.15, 0.2) is 16.8 Å². The molecule has 2 N–H and O–H groups in total. The second kappa shape index (κ2) is 3.92. The maximum absolute atomic E-state index is 9.75. The van der Waals surface area contributed by atoms with Crippen molar-refractivity contribution in [3.63, 3.8) is 0 Å². The van der Waals surface area contributed by atoms with Crippen molar-refractivity contribution < 1.29 is 10.3 Å². The average molecular weight is 183 g/mol. The lowest BCUT2D eigenvalue weighted by Crippen LogP contribution is -2.31. The molecule has 13 heavy (non-hydrogen) atoms. The number of allylic oxidation sites excluding steroid dienone is 2. The molecule has 0 spiro atoms. The van der Waals surface area contributed by atoms with Crippen molar-refractivity contribution in [2.24, 2.45) is 11.1 Å². The van der Waals surface area contributed by atoms with Gasteiger partial charge in [-0.25, -0.2) is 0 Å². The fourth-order valence-corrected chi connectivity index (χ4v) is 1.69. The lowest BCUT2D eigenvalue weighted by Gasteiger charge is -2.31. The predicted molar refractivity (Wildman–Crippen MR) is 52.0 cm³/mol. The molecule has 0 fully saturated rings. The van der Waals surface area contributed by atoms with Crippen molar-refractivity contribution in [3.8, 4) is 0 Å². The third kappa shape index (κ3) is 2.84. The Morgan fingerprint density at radius 1 is 1.62 bits per heavy atom. The first-order valence-electron chi connectivity index (χ1n) is 4.63. The minimum Gasteiger partial charge on any atom is -0.411 e. The Morgan fingerprint density at radius 3 is 2.69 bits per heavy atom. The van der Waals surface area contributed by atoms with Gasteiger partial charge in [0.15, 0.2) is 0 Å². The number of hydrogen-bond acceptors (Lipinski definition) is 3. The van der Waals surface area contributed by atoms with Gasteiger partial charge < -0.3 is 10.3 Å². The van der Waals surface area contributed by atoms with Crippen molar-refractivity contribution >= 4 is 6.21 Å². The molecule has 74 valence electrons. The van der Waals surface area contributed by atoms with E-state index >= 15 is 0 Å². The van der Waals surface area contributed by atoms with Gasteiger partial charge in [-0.1, -0.05) is 11.2 Å². The molecule has 0 aromatic heterocycles. The van der Waals surface area contributed by atoms with Gasteiger partial charge in [0.1, 0.15) is 0 Å². The van der Waals surface area contributed by atoms with E-state index in [2.05, 4.69) is 5.16 Å². The summed E-state index contributed by atoms with van der Waals surface area (Å²) in [6.07, 6.45) is 6.22. The van der Waals surface area contributed by atoms with E-state index in [0.717, 1.165) is 24.8 Å². The van der Waals surface area contributed by atoms with Crippen LogP contribution in [0.2, 0.25) is 0 Å². The molecule has 0 bridgehead atoms. The number of nitrogens with zero attached hydrogens (tertiary/aromatic N) is 1. The van der Waals surface area contributed by atoms with Crippen LogP contribution >= 0.6 is 0 Å². The topological polar surface area (TPSA) is 52.8 Å². The van der Waals surface area contributed by atoms with Crippen LogP contribution in [-0.4, -0.2) is 22.1 Å². The van der Waals surface area contributed by atoms with Gasteiger partial charge in [0, 0.05) is 0 Å². The number of hydrogen-bond donors (Lipinski definition) is 2. The lowest BCUT2D eigenvalue weighted by molar-refractivity contribution is 0.0129. The Morgan fingerprint density at radius 2 is 2.31 bits per heavy atom. The Kier molecular flexibility index (Phi) is 3.09. The average Bonchev–Trinajstić information content (AvgIpc) is 2.04. The van der Waals surface area contributed by atoms with Crippen molar-refractivity contribution in [2.45, 2.75) is 38.7 Å². The Bertz CT molecular complexity index is 226. The van der Waals surface area contributed by atoms with Gasteiger partial charge in [-0.3, -0.25) is 0 Å². The van der Waals surface area contributed by atoms with Crippen LogP contribution < -0.4 is 0 Å². The summed E-state index contributed by atoms with van der Waals surface area (Å²) in [6, 6.07) is 0. The Balaban J connectivity index is 2.56. The molecule has 3 heteroatoms. The molecule has 0 saturated heterocycles. The Labute approximate surface area is 78.8 Å². The molecule has 0 saturated carbocycles. The second-order valence-electron chi connectivity index (χ2n) is 4.15. The van der Waals surface area contributed by atoms with Crippen LogP contribution in [0.25, 0.3) is 0 Å². The summed E-state index contributed by atoms with van der Waals surface area (Å²) in [6.45, 7) is 3.69. The van der Waals surface area contributed by atoms with E-state index in [1.54, 1.807) is 0 Å². The van der Waals surface area contributed by atoms with Crippen LogP contribution in [0.5, 0.6) is 0 Å². The van der Waals surface area contributed by atoms with Crippen molar-refractivity contribution in [2.75, 3.05) is 0 Å². The van der Waals surface area contributed by atoms with Gasteiger partial charge in [-0.2, -0.15) is 0 Å². The van der Waals surface area contributed by atoms with E-state index in [1.165, 1.54) is 6.21 Å². The molecule has 3 nitrogen and oxygen atoms in total. The zero-order chi connectivity index (χ0) is 9.90. The van der Waals surface area contributed by atoms with Gasteiger partial charge in [-0.05, 0) is 44.6 Å². The quantitative estimate of drug-likeness (QED) is 0.390. The second-order valence-corrected chi connectivity index (χ2v) is 4.15. The van der Waals surface area contributed by atoms with Gasteiger partial charge in [0.2, 0.25) is 0 Å². The van der Waals surface area contributed by atoms with E-state index in [1.807, 2.05) is 19.9 Å². The maximum atomic E-state index is 9.75. The van der Waals surface area contributed by atoms with Gasteiger partial charge in [-0.15, -0.1) is 0 Å². The molecule has 1 aliphatic carbocycles. The number of oxime groups is 1. The third-order valence-corrected chi connectivity index (χ3v) is 2.67. The molecular formula is C10H17NO2. The monoisotopic (exact) mass is 183 g/mol. The molecule has 0 aliphatic heterocycles. The van der Waals surface area contributed by atoms with Crippen molar-refractivity contribution in [1.29, 1.82) is 0 Å². The first kappa shape index (κ1) is 10.3. The highest BCUT2D eigenvalue weighted by Crippen LogP contribution is 2.30. The van der Waals surface area contributed by atoms with Gasteiger partial charge >= 0.3 is 0 Å². The Hall–Kier alpha value is -0.830. The van der Waals surface area contributed by atoms with E-state index < -0.39 is 5.60 Å². The molecule has 1 aliphatic rings. The van der Waals surface area contributed by atoms with Gasteiger partial charge in [0.05, 0.1) is 11.8 Å².